The number of nitrogens with zero attached hydrogens (tertiary/aromatic N) is 2. The predicted octanol–water partition coefficient (Wildman–Crippen LogP) is 1.52. The largest absolute Gasteiger partial charge is 0.384 e. The van der Waals surface area contributed by atoms with Crippen LogP contribution in [0.1, 0.15) is 52.8 Å². The molecule has 2 aliphatic heterocycles. The van der Waals surface area contributed by atoms with Crippen LogP contribution in [0.3, 0.4) is 0 Å². The molecule has 0 bridgehead atoms. The standard InChI is InChI=1S/C23H30N4O4/c1-24-20(29)18(7-4-10-28)27-21(30)16-5-3-6-17(19(16)22(27)31)25-9-8-15-11-23(12-15)13-26(2)14-23/h3,5-6,10,15,18,25H,4,7-9,11-14H2,1-2H3,(H,24,29). The van der Waals surface area contributed by atoms with E-state index >= 15 is 0 Å². The number of fused-ring (bicyclic) bond motifs is 1. The van der Waals surface area contributed by atoms with Gasteiger partial charge >= 0.3 is 0 Å². The van der Waals surface area contributed by atoms with Crippen molar-refractivity contribution in [3.63, 3.8) is 0 Å². The van der Waals surface area contributed by atoms with E-state index in [1.807, 2.05) is 0 Å². The minimum Gasteiger partial charge on any atom is -0.384 e. The maximum atomic E-state index is 13.2. The molecule has 8 nitrogen and oxygen atoms in total. The third kappa shape index (κ3) is 3.84. The van der Waals surface area contributed by atoms with Crippen molar-refractivity contribution < 1.29 is 19.2 Å². The Hall–Kier alpha value is -2.74. The summed E-state index contributed by atoms with van der Waals surface area (Å²) in [6.07, 6.45) is 4.45. The van der Waals surface area contributed by atoms with E-state index in [2.05, 4.69) is 22.6 Å². The fourth-order valence-corrected chi connectivity index (χ4v) is 5.64. The van der Waals surface area contributed by atoms with Gasteiger partial charge in [0.1, 0.15) is 12.3 Å². The van der Waals surface area contributed by atoms with Crippen molar-refractivity contribution in [3.05, 3.63) is 29.3 Å². The van der Waals surface area contributed by atoms with Gasteiger partial charge in [-0.05, 0) is 56.2 Å². The Bertz CT molecular complexity index is 901. The summed E-state index contributed by atoms with van der Waals surface area (Å²) in [5.41, 5.74) is 1.79. The van der Waals surface area contributed by atoms with E-state index in [0.29, 0.717) is 34.4 Å². The Kier molecular flexibility index (Phi) is 5.83. The molecule has 2 fully saturated rings. The summed E-state index contributed by atoms with van der Waals surface area (Å²) < 4.78 is 0. The summed E-state index contributed by atoms with van der Waals surface area (Å²) in [5, 5.41) is 5.84. The number of aldehydes is 1. The Morgan fingerprint density at radius 3 is 2.65 bits per heavy atom. The van der Waals surface area contributed by atoms with Crippen molar-refractivity contribution in [1.82, 2.24) is 15.1 Å². The first kappa shape index (κ1) is 21.5. The van der Waals surface area contributed by atoms with E-state index < -0.39 is 23.8 Å². The number of amides is 3. The zero-order chi connectivity index (χ0) is 22.2. The van der Waals surface area contributed by atoms with Crippen LogP contribution in [0, 0.1) is 11.3 Å². The van der Waals surface area contributed by atoms with Crippen LogP contribution in [0.25, 0.3) is 0 Å². The van der Waals surface area contributed by atoms with Crippen molar-refractivity contribution in [2.75, 3.05) is 39.0 Å². The molecule has 0 radical (unpaired) electrons. The van der Waals surface area contributed by atoms with Crippen molar-refractivity contribution in [2.45, 2.75) is 38.1 Å². The first-order valence-corrected chi connectivity index (χ1v) is 11.0. The van der Waals surface area contributed by atoms with Gasteiger partial charge in [-0.3, -0.25) is 19.3 Å². The van der Waals surface area contributed by atoms with Crippen LogP contribution in [0.4, 0.5) is 5.69 Å². The van der Waals surface area contributed by atoms with Gasteiger partial charge in [-0.1, -0.05) is 6.07 Å². The second kappa shape index (κ2) is 8.42. The number of hydrogen-bond donors (Lipinski definition) is 2. The zero-order valence-electron chi connectivity index (χ0n) is 18.1. The van der Waals surface area contributed by atoms with E-state index in [4.69, 9.17) is 0 Å². The summed E-state index contributed by atoms with van der Waals surface area (Å²) in [5.74, 6) is -0.722. The van der Waals surface area contributed by atoms with Gasteiger partial charge in [0.05, 0.1) is 11.1 Å². The summed E-state index contributed by atoms with van der Waals surface area (Å²) >= 11 is 0. The van der Waals surface area contributed by atoms with Gasteiger partial charge < -0.3 is 20.3 Å². The number of anilines is 1. The molecule has 1 aromatic carbocycles. The summed E-state index contributed by atoms with van der Waals surface area (Å²) in [7, 11) is 3.61. The van der Waals surface area contributed by atoms with E-state index in [0.717, 1.165) is 17.9 Å². The molecule has 1 atom stereocenters. The van der Waals surface area contributed by atoms with Gasteiger partial charge in [0, 0.05) is 38.8 Å². The molecule has 31 heavy (non-hydrogen) atoms. The highest BCUT2D eigenvalue weighted by Crippen LogP contribution is 2.52. The molecule has 3 amide bonds. The van der Waals surface area contributed by atoms with E-state index in [1.165, 1.54) is 33.0 Å². The molecule has 1 aliphatic carbocycles. The number of likely N-dealkylation sites (N-methyl/N-ethyl adjacent to an activating group) is 1. The number of carbonyl (C=O) groups is 4. The normalized spacial score (nSPS) is 20.8. The van der Waals surface area contributed by atoms with Crippen molar-refractivity contribution >= 4 is 29.7 Å². The Balaban J connectivity index is 1.42. The van der Waals surface area contributed by atoms with Crippen LogP contribution in [0.2, 0.25) is 0 Å². The van der Waals surface area contributed by atoms with E-state index in [1.54, 1.807) is 18.2 Å². The topological polar surface area (TPSA) is 98.8 Å². The minimum absolute atomic E-state index is 0.0925. The highest BCUT2D eigenvalue weighted by molar-refractivity contribution is 6.25. The molecule has 166 valence electrons. The molecular formula is C23H30N4O4. The molecule has 4 rings (SSSR count). The van der Waals surface area contributed by atoms with Crippen LogP contribution >= 0.6 is 0 Å². The lowest BCUT2D eigenvalue weighted by atomic mass is 9.57. The van der Waals surface area contributed by atoms with Crippen molar-refractivity contribution in [3.8, 4) is 0 Å². The molecule has 0 aromatic heterocycles. The second-order valence-electron chi connectivity index (χ2n) is 9.24. The highest BCUT2D eigenvalue weighted by Gasteiger charge is 2.50. The molecule has 8 heteroatoms. The predicted molar refractivity (Wildman–Crippen MR) is 116 cm³/mol. The van der Waals surface area contributed by atoms with Gasteiger partial charge in [-0.2, -0.15) is 0 Å². The number of benzene rings is 1. The highest BCUT2D eigenvalue weighted by atomic mass is 16.2. The number of rotatable bonds is 9. The number of likely N-dealkylation sites (tertiary alicyclic amines) is 1. The first-order valence-electron chi connectivity index (χ1n) is 11.0. The quantitative estimate of drug-likeness (QED) is 0.459. The van der Waals surface area contributed by atoms with Crippen LogP contribution < -0.4 is 10.6 Å². The van der Waals surface area contributed by atoms with Gasteiger partial charge in [0.25, 0.3) is 11.8 Å². The zero-order valence-corrected chi connectivity index (χ0v) is 18.1. The third-order valence-electron chi connectivity index (χ3n) is 6.89. The van der Waals surface area contributed by atoms with Gasteiger partial charge in [0.2, 0.25) is 5.91 Å². The summed E-state index contributed by atoms with van der Waals surface area (Å²) in [4.78, 5) is 52.6. The lowest BCUT2D eigenvalue weighted by Crippen LogP contribution is -2.60. The average molecular weight is 427 g/mol. The molecule has 1 saturated carbocycles. The maximum Gasteiger partial charge on any atom is 0.264 e. The van der Waals surface area contributed by atoms with Crippen LogP contribution in [0.15, 0.2) is 18.2 Å². The molecule has 1 saturated heterocycles. The van der Waals surface area contributed by atoms with Gasteiger partial charge in [-0.15, -0.1) is 0 Å². The lowest BCUT2D eigenvalue weighted by Gasteiger charge is -2.58. The molecular weight excluding hydrogens is 396 g/mol. The molecule has 2 heterocycles. The fraction of sp³-hybridized carbons (Fsp3) is 0.565. The number of carbonyl (C=O) groups excluding carboxylic acids is 4. The second-order valence-corrected chi connectivity index (χ2v) is 9.24. The van der Waals surface area contributed by atoms with Crippen molar-refractivity contribution in [1.29, 1.82) is 0 Å². The van der Waals surface area contributed by atoms with Crippen LogP contribution in [0.5, 0.6) is 0 Å². The monoisotopic (exact) mass is 426 g/mol. The van der Waals surface area contributed by atoms with Crippen molar-refractivity contribution in [2.24, 2.45) is 11.3 Å². The first-order chi connectivity index (χ1) is 14.9. The summed E-state index contributed by atoms with van der Waals surface area (Å²) in [6.45, 7) is 3.14. The molecule has 1 unspecified atom stereocenters. The fourth-order valence-electron chi connectivity index (χ4n) is 5.64. The lowest BCUT2D eigenvalue weighted by molar-refractivity contribution is -0.124. The maximum absolute atomic E-state index is 13.2. The number of nitrogens with one attached hydrogen (secondary N) is 2. The third-order valence-corrected chi connectivity index (χ3v) is 6.89. The van der Waals surface area contributed by atoms with E-state index in [9.17, 15) is 19.2 Å². The molecule has 3 aliphatic rings. The average Bonchev–Trinajstić information content (AvgIpc) is 2.96. The van der Waals surface area contributed by atoms with Crippen LogP contribution in [-0.4, -0.2) is 73.6 Å². The minimum atomic E-state index is -0.998. The molecule has 2 N–H and O–H groups in total. The van der Waals surface area contributed by atoms with Gasteiger partial charge in [0.15, 0.2) is 0 Å². The molecule has 1 spiro atoms. The Morgan fingerprint density at radius 1 is 1.26 bits per heavy atom. The SMILES string of the molecule is CNC(=O)C(CCC=O)N1C(=O)c2cccc(NCCC3CC4(C3)CN(C)C4)c2C1=O. The van der Waals surface area contributed by atoms with Gasteiger partial charge in [-0.25, -0.2) is 0 Å². The Labute approximate surface area is 182 Å². The van der Waals surface area contributed by atoms with Crippen LogP contribution in [-0.2, 0) is 9.59 Å². The molecule has 1 aromatic rings. The van der Waals surface area contributed by atoms with E-state index in [-0.39, 0.29) is 12.8 Å². The number of hydrogen-bond acceptors (Lipinski definition) is 6. The smallest absolute Gasteiger partial charge is 0.264 e. The number of imide groups is 1. The Morgan fingerprint density at radius 2 is 2.00 bits per heavy atom. The summed E-state index contributed by atoms with van der Waals surface area (Å²) in [6, 6.07) is 4.17.